The van der Waals surface area contributed by atoms with E-state index in [1.54, 1.807) is 31.2 Å². The van der Waals surface area contributed by atoms with E-state index in [2.05, 4.69) is 18.8 Å². The summed E-state index contributed by atoms with van der Waals surface area (Å²) in [5.41, 5.74) is 2.96. The number of Topliss-reactive ketones (excluding diaryl/α,β-unsaturated/α-hetero) is 1. The van der Waals surface area contributed by atoms with Crippen LogP contribution >= 0.6 is 0 Å². The first-order valence-corrected chi connectivity index (χ1v) is 7.88. The molecule has 0 saturated heterocycles. The quantitative estimate of drug-likeness (QED) is 0.849. The Morgan fingerprint density at radius 3 is 2.33 bits per heavy atom. The number of ketones is 1. The summed E-state index contributed by atoms with van der Waals surface area (Å²) in [6.45, 7) is 3.69. The van der Waals surface area contributed by atoms with Crippen LogP contribution in [-0.2, 0) is 11.2 Å². The zero-order valence-electron chi connectivity index (χ0n) is 13.9. The third-order valence-electron chi connectivity index (χ3n) is 3.63. The van der Waals surface area contributed by atoms with Gasteiger partial charge in [-0.3, -0.25) is 0 Å². The van der Waals surface area contributed by atoms with Crippen LogP contribution < -0.4 is 0 Å². The first-order chi connectivity index (χ1) is 11.4. The molecule has 1 N–H and O–H groups in total. The number of carbonyl (C=O) groups excluding carboxylic acids is 1. The predicted molar refractivity (Wildman–Crippen MR) is 94.0 cm³/mol. The van der Waals surface area contributed by atoms with Gasteiger partial charge in [-0.2, -0.15) is 0 Å². The molecule has 122 valence electrons. The normalized spacial score (nSPS) is 11.2. The van der Waals surface area contributed by atoms with Crippen LogP contribution in [0.5, 0.6) is 0 Å². The van der Waals surface area contributed by atoms with E-state index in [1.165, 1.54) is 5.56 Å². The molecule has 0 fully saturated rings. The summed E-state index contributed by atoms with van der Waals surface area (Å²) in [5, 5.41) is 8.98. The van der Waals surface area contributed by atoms with Crippen LogP contribution in [0, 0.1) is 17.8 Å². The van der Waals surface area contributed by atoms with Crippen LogP contribution in [0.1, 0.15) is 47.3 Å². The molecule has 24 heavy (non-hydrogen) atoms. The van der Waals surface area contributed by atoms with Crippen LogP contribution in [0.4, 0.5) is 0 Å². The van der Waals surface area contributed by atoms with E-state index in [4.69, 9.17) is 5.11 Å². The standard InChI is InChI=1S/C21H20O3/c1-15(12-16(2)22)13-19-10-7-17(8-11-19)6-9-18-4-3-5-20(14-18)21(23)24/h3-5,7-8,10-11,14-15H,12-13H2,1-2H3,(H,23,24). The summed E-state index contributed by atoms with van der Waals surface area (Å²) < 4.78 is 0. The molecule has 0 saturated carbocycles. The lowest BCUT2D eigenvalue weighted by molar-refractivity contribution is -0.117. The van der Waals surface area contributed by atoms with Gasteiger partial charge in [0.05, 0.1) is 5.56 Å². The minimum Gasteiger partial charge on any atom is -0.478 e. The number of hydrogen-bond acceptors (Lipinski definition) is 2. The van der Waals surface area contributed by atoms with E-state index in [-0.39, 0.29) is 11.3 Å². The highest BCUT2D eigenvalue weighted by Crippen LogP contribution is 2.13. The monoisotopic (exact) mass is 320 g/mol. The van der Waals surface area contributed by atoms with Gasteiger partial charge < -0.3 is 9.90 Å². The molecule has 0 heterocycles. The predicted octanol–water partition coefficient (Wildman–Crippen LogP) is 3.94. The van der Waals surface area contributed by atoms with Gasteiger partial charge in [-0.15, -0.1) is 0 Å². The highest BCUT2D eigenvalue weighted by Gasteiger charge is 2.06. The zero-order chi connectivity index (χ0) is 17.5. The number of carboxylic acids is 1. The Morgan fingerprint density at radius 2 is 1.71 bits per heavy atom. The minimum absolute atomic E-state index is 0.216. The second-order valence-corrected chi connectivity index (χ2v) is 6.05. The number of carboxylic acid groups (broad SMARTS) is 1. The average molecular weight is 320 g/mol. The fraction of sp³-hybridized carbons (Fsp3) is 0.238. The molecule has 0 aliphatic rings. The summed E-state index contributed by atoms with van der Waals surface area (Å²) >= 11 is 0. The van der Waals surface area contributed by atoms with Crippen molar-refractivity contribution in [3.8, 4) is 11.8 Å². The second-order valence-electron chi connectivity index (χ2n) is 6.05. The molecule has 3 nitrogen and oxygen atoms in total. The molecular weight excluding hydrogens is 300 g/mol. The molecule has 0 radical (unpaired) electrons. The summed E-state index contributed by atoms with van der Waals surface area (Å²) in [6.07, 6.45) is 1.47. The van der Waals surface area contributed by atoms with E-state index in [0.717, 1.165) is 12.0 Å². The molecule has 0 aliphatic heterocycles. The van der Waals surface area contributed by atoms with Gasteiger partial charge in [-0.05, 0) is 55.2 Å². The van der Waals surface area contributed by atoms with Crippen LogP contribution in [-0.4, -0.2) is 16.9 Å². The van der Waals surface area contributed by atoms with E-state index >= 15 is 0 Å². The Morgan fingerprint density at radius 1 is 1.04 bits per heavy atom. The third kappa shape index (κ3) is 5.40. The van der Waals surface area contributed by atoms with Gasteiger partial charge >= 0.3 is 5.97 Å². The molecule has 1 unspecified atom stereocenters. The Hall–Kier alpha value is -2.86. The molecule has 2 aromatic rings. The molecule has 0 bridgehead atoms. The Labute approximate surface area is 142 Å². The van der Waals surface area contributed by atoms with Crippen molar-refractivity contribution in [2.24, 2.45) is 5.92 Å². The molecule has 0 amide bonds. The van der Waals surface area contributed by atoms with E-state index in [1.807, 2.05) is 24.3 Å². The molecule has 1 atom stereocenters. The van der Waals surface area contributed by atoms with Gasteiger partial charge in [-0.1, -0.05) is 37.0 Å². The van der Waals surface area contributed by atoms with Crippen molar-refractivity contribution in [1.29, 1.82) is 0 Å². The summed E-state index contributed by atoms with van der Waals surface area (Å²) in [6, 6.07) is 14.5. The molecule has 2 aromatic carbocycles. The van der Waals surface area contributed by atoms with Gasteiger partial charge in [0.1, 0.15) is 5.78 Å². The molecule has 0 spiro atoms. The average Bonchev–Trinajstić information content (AvgIpc) is 2.53. The molecule has 2 rings (SSSR count). The Bertz CT molecular complexity index is 792. The van der Waals surface area contributed by atoms with Gasteiger partial charge in [0.2, 0.25) is 0 Å². The van der Waals surface area contributed by atoms with Gasteiger partial charge in [0, 0.05) is 17.5 Å². The molecule has 3 heteroatoms. The molecular formula is C21H20O3. The Kier molecular flexibility index (Phi) is 5.92. The lowest BCUT2D eigenvalue weighted by atomic mass is 9.96. The summed E-state index contributed by atoms with van der Waals surface area (Å²) in [4.78, 5) is 22.1. The number of aromatic carboxylic acids is 1. The maximum absolute atomic E-state index is 11.1. The van der Waals surface area contributed by atoms with Crippen molar-refractivity contribution < 1.29 is 14.7 Å². The highest BCUT2D eigenvalue weighted by atomic mass is 16.4. The first kappa shape index (κ1) is 17.5. The van der Waals surface area contributed by atoms with Crippen molar-refractivity contribution in [1.82, 2.24) is 0 Å². The molecule has 0 aliphatic carbocycles. The fourth-order valence-corrected chi connectivity index (χ4v) is 2.56. The summed E-state index contributed by atoms with van der Waals surface area (Å²) in [5.74, 6) is 5.62. The van der Waals surface area contributed by atoms with Crippen molar-refractivity contribution in [2.45, 2.75) is 26.7 Å². The van der Waals surface area contributed by atoms with Crippen molar-refractivity contribution in [3.63, 3.8) is 0 Å². The van der Waals surface area contributed by atoms with Gasteiger partial charge in [0.15, 0.2) is 0 Å². The maximum Gasteiger partial charge on any atom is 0.335 e. The first-order valence-electron chi connectivity index (χ1n) is 7.88. The topological polar surface area (TPSA) is 54.4 Å². The van der Waals surface area contributed by atoms with Crippen LogP contribution in [0.25, 0.3) is 0 Å². The van der Waals surface area contributed by atoms with Crippen LogP contribution in [0.15, 0.2) is 48.5 Å². The van der Waals surface area contributed by atoms with E-state index in [9.17, 15) is 9.59 Å². The summed E-state index contributed by atoms with van der Waals surface area (Å²) in [7, 11) is 0. The Balaban J connectivity index is 2.06. The fourth-order valence-electron chi connectivity index (χ4n) is 2.56. The number of rotatable bonds is 5. The lowest BCUT2D eigenvalue weighted by Gasteiger charge is -2.09. The van der Waals surface area contributed by atoms with E-state index in [0.29, 0.717) is 17.9 Å². The SMILES string of the molecule is CC(=O)CC(C)Cc1ccc(C#Cc2cccc(C(=O)O)c2)cc1. The smallest absolute Gasteiger partial charge is 0.335 e. The number of benzene rings is 2. The maximum atomic E-state index is 11.1. The minimum atomic E-state index is -0.956. The van der Waals surface area contributed by atoms with Crippen LogP contribution in [0.2, 0.25) is 0 Å². The highest BCUT2D eigenvalue weighted by molar-refractivity contribution is 5.88. The van der Waals surface area contributed by atoms with Crippen molar-refractivity contribution in [3.05, 3.63) is 70.8 Å². The second kappa shape index (κ2) is 8.12. The van der Waals surface area contributed by atoms with Gasteiger partial charge in [0.25, 0.3) is 0 Å². The van der Waals surface area contributed by atoms with Crippen molar-refractivity contribution in [2.75, 3.05) is 0 Å². The van der Waals surface area contributed by atoms with E-state index < -0.39 is 5.97 Å². The largest absolute Gasteiger partial charge is 0.478 e. The number of carbonyl (C=O) groups is 2. The molecule has 0 aromatic heterocycles. The van der Waals surface area contributed by atoms with Crippen molar-refractivity contribution >= 4 is 11.8 Å². The van der Waals surface area contributed by atoms with Crippen LogP contribution in [0.3, 0.4) is 0 Å². The lowest BCUT2D eigenvalue weighted by Crippen LogP contribution is -2.04. The number of hydrogen-bond donors (Lipinski definition) is 1. The van der Waals surface area contributed by atoms with Gasteiger partial charge in [-0.25, -0.2) is 4.79 Å². The zero-order valence-corrected chi connectivity index (χ0v) is 13.9. The third-order valence-corrected chi connectivity index (χ3v) is 3.63.